The fourth-order valence-corrected chi connectivity index (χ4v) is 4.08. The van der Waals surface area contributed by atoms with E-state index in [1.54, 1.807) is 11.0 Å². The van der Waals surface area contributed by atoms with Crippen molar-refractivity contribution in [3.8, 4) is 11.1 Å². The minimum atomic E-state index is -0.658. The first kappa shape index (κ1) is 21.7. The average Bonchev–Trinajstić information content (AvgIpc) is 2.72. The molecule has 30 heavy (non-hydrogen) atoms. The van der Waals surface area contributed by atoms with Crippen molar-refractivity contribution in [3.63, 3.8) is 0 Å². The van der Waals surface area contributed by atoms with E-state index in [2.05, 4.69) is 55.2 Å². The number of benzene rings is 2. The zero-order chi connectivity index (χ0) is 22.1. The molecule has 3 rings (SSSR count). The van der Waals surface area contributed by atoms with E-state index in [1.807, 2.05) is 34.7 Å². The number of anilines is 2. The number of ether oxygens (including phenoxy) is 1. The normalized spacial score (nSPS) is 14.6. The standard InChI is InChI=1S/C26H32N2O2/c1-8-18-12-10-11-13-19(18)20-14-15-22-24(28(7)25(29)26(5,6)27-22)21(20)16-30-23(9-2)17(3)4/h9-15,27H,2,8,16H2,1,3-7H3. The average molecular weight is 405 g/mol. The lowest BCUT2D eigenvalue weighted by molar-refractivity contribution is -0.121. The zero-order valence-corrected chi connectivity index (χ0v) is 18.9. The Morgan fingerprint density at radius 1 is 1.17 bits per heavy atom. The summed E-state index contributed by atoms with van der Waals surface area (Å²) in [7, 11) is 1.85. The summed E-state index contributed by atoms with van der Waals surface area (Å²) < 4.78 is 6.17. The molecule has 2 aromatic rings. The largest absolute Gasteiger partial charge is 0.489 e. The molecule has 0 spiro atoms. The molecule has 1 aliphatic rings. The number of hydrogen-bond acceptors (Lipinski definition) is 3. The molecule has 1 heterocycles. The van der Waals surface area contributed by atoms with Gasteiger partial charge in [-0.25, -0.2) is 0 Å². The van der Waals surface area contributed by atoms with Crippen molar-refractivity contribution >= 4 is 17.3 Å². The molecule has 1 N–H and O–H groups in total. The van der Waals surface area contributed by atoms with Crippen LogP contribution in [0.15, 0.2) is 60.4 Å². The minimum Gasteiger partial charge on any atom is -0.489 e. The van der Waals surface area contributed by atoms with Crippen LogP contribution in [0.4, 0.5) is 11.4 Å². The van der Waals surface area contributed by atoms with Crippen molar-refractivity contribution < 1.29 is 9.53 Å². The fraction of sp³-hybridized carbons (Fsp3) is 0.346. The second kappa shape index (κ2) is 8.39. The molecule has 0 unspecified atom stereocenters. The van der Waals surface area contributed by atoms with Gasteiger partial charge in [0.2, 0.25) is 0 Å². The summed E-state index contributed by atoms with van der Waals surface area (Å²) in [5, 5.41) is 3.41. The predicted octanol–water partition coefficient (Wildman–Crippen LogP) is 6.08. The molecule has 158 valence electrons. The molecular formula is C26H32N2O2. The first-order valence-corrected chi connectivity index (χ1v) is 10.4. The highest BCUT2D eigenvalue weighted by atomic mass is 16.5. The van der Waals surface area contributed by atoms with Crippen LogP contribution < -0.4 is 10.2 Å². The molecule has 1 aliphatic heterocycles. The van der Waals surface area contributed by atoms with Crippen LogP contribution in [-0.2, 0) is 22.6 Å². The summed E-state index contributed by atoms with van der Waals surface area (Å²) in [6.07, 6.45) is 2.67. The van der Waals surface area contributed by atoms with E-state index >= 15 is 0 Å². The number of rotatable bonds is 6. The van der Waals surface area contributed by atoms with Gasteiger partial charge in [0, 0.05) is 12.6 Å². The van der Waals surface area contributed by atoms with E-state index in [0.717, 1.165) is 40.3 Å². The summed E-state index contributed by atoms with van der Waals surface area (Å²) in [6, 6.07) is 12.6. The lowest BCUT2D eigenvalue weighted by Gasteiger charge is -2.39. The summed E-state index contributed by atoms with van der Waals surface area (Å²) in [5.74, 6) is 0.795. The van der Waals surface area contributed by atoms with E-state index in [1.165, 1.54) is 11.1 Å². The predicted molar refractivity (Wildman–Crippen MR) is 126 cm³/mol. The first-order valence-electron chi connectivity index (χ1n) is 10.4. The smallest absolute Gasteiger partial charge is 0.251 e. The molecule has 0 aliphatic carbocycles. The molecule has 2 aromatic carbocycles. The van der Waals surface area contributed by atoms with Gasteiger partial charge in [-0.15, -0.1) is 0 Å². The second-order valence-corrected chi connectivity index (χ2v) is 8.47. The number of carbonyl (C=O) groups is 1. The molecule has 1 amide bonds. The number of nitrogens with one attached hydrogen (secondary N) is 1. The zero-order valence-electron chi connectivity index (χ0n) is 18.9. The highest BCUT2D eigenvalue weighted by molar-refractivity contribution is 6.08. The van der Waals surface area contributed by atoms with Gasteiger partial charge in [0.25, 0.3) is 5.91 Å². The number of aryl methyl sites for hydroxylation is 1. The molecule has 0 aromatic heterocycles. The third kappa shape index (κ3) is 3.87. The maximum absolute atomic E-state index is 13.0. The van der Waals surface area contributed by atoms with Crippen molar-refractivity contribution in [2.75, 3.05) is 17.3 Å². The second-order valence-electron chi connectivity index (χ2n) is 8.47. The Labute approximate surface area is 180 Å². The van der Waals surface area contributed by atoms with Crippen molar-refractivity contribution in [1.82, 2.24) is 0 Å². The Morgan fingerprint density at radius 3 is 2.50 bits per heavy atom. The number of amides is 1. The number of fused-ring (bicyclic) bond motifs is 1. The molecule has 4 nitrogen and oxygen atoms in total. The summed E-state index contributed by atoms with van der Waals surface area (Å²) in [4.78, 5) is 14.8. The molecule has 0 fully saturated rings. The minimum absolute atomic E-state index is 0.0309. The highest BCUT2D eigenvalue weighted by Crippen LogP contribution is 2.43. The summed E-state index contributed by atoms with van der Waals surface area (Å²) in [5.41, 5.74) is 6.74. The van der Waals surface area contributed by atoms with E-state index in [9.17, 15) is 4.79 Å². The molecule has 0 atom stereocenters. The maximum atomic E-state index is 13.0. The maximum Gasteiger partial charge on any atom is 0.251 e. The Balaban J connectivity index is 2.23. The van der Waals surface area contributed by atoms with Gasteiger partial charge in [0.1, 0.15) is 17.9 Å². The van der Waals surface area contributed by atoms with Crippen LogP contribution in [-0.4, -0.2) is 18.5 Å². The van der Waals surface area contributed by atoms with Crippen LogP contribution in [0.2, 0.25) is 0 Å². The summed E-state index contributed by atoms with van der Waals surface area (Å²) >= 11 is 0. The molecule has 0 saturated heterocycles. The van der Waals surface area contributed by atoms with Crippen LogP contribution in [0.3, 0.4) is 0 Å². The number of likely N-dealkylation sites (N-methyl/N-ethyl adjacent to an activating group) is 1. The van der Waals surface area contributed by atoms with Crippen molar-refractivity contribution in [3.05, 3.63) is 71.5 Å². The van der Waals surface area contributed by atoms with Crippen LogP contribution >= 0.6 is 0 Å². The number of allylic oxidation sites excluding steroid dienone is 2. The number of nitrogens with zero attached hydrogens (tertiary/aromatic N) is 1. The van der Waals surface area contributed by atoms with Gasteiger partial charge >= 0.3 is 0 Å². The molecular weight excluding hydrogens is 372 g/mol. The third-order valence-corrected chi connectivity index (χ3v) is 5.64. The quantitative estimate of drug-likeness (QED) is 0.469. The summed E-state index contributed by atoms with van der Waals surface area (Å²) in [6.45, 7) is 14.2. The lowest BCUT2D eigenvalue weighted by Crippen LogP contribution is -2.52. The molecule has 4 heteroatoms. The van der Waals surface area contributed by atoms with Gasteiger partial charge in [-0.3, -0.25) is 4.79 Å². The van der Waals surface area contributed by atoms with Gasteiger partial charge in [-0.05, 0) is 68.5 Å². The van der Waals surface area contributed by atoms with Gasteiger partial charge in [0.05, 0.1) is 11.4 Å². The third-order valence-electron chi connectivity index (χ3n) is 5.64. The number of carbonyl (C=O) groups excluding carboxylic acids is 1. The van der Waals surface area contributed by atoms with Crippen molar-refractivity contribution in [1.29, 1.82) is 0 Å². The SMILES string of the molecule is C=CC(OCc1c(-c2ccccc2CC)ccc2c1N(C)C(=O)C(C)(C)N2)=C(C)C. The van der Waals surface area contributed by atoms with E-state index in [0.29, 0.717) is 6.61 Å². The Hall–Kier alpha value is -3.01. The van der Waals surface area contributed by atoms with E-state index < -0.39 is 5.54 Å². The van der Waals surface area contributed by atoms with Crippen LogP contribution in [0.25, 0.3) is 11.1 Å². The fourth-order valence-electron chi connectivity index (χ4n) is 4.08. The van der Waals surface area contributed by atoms with Crippen LogP contribution in [0.5, 0.6) is 0 Å². The molecule has 0 bridgehead atoms. The van der Waals surface area contributed by atoms with Crippen molar-refractivity contribution in [2.24, 2.45) is 0 Å². The Morgan fingerprint density at radius 2 is 1.87 bits per heavy atom. The van der Waals surface area contributed by atoms with Crippen molar-refractivity contribution in [2.45, 2.75) is 53.2 Å². The van der Waals surface area contributed by atoms with Gasteiger partial charge in [-0.2, -0.15) is 0 Å². The van der Waals surface area contributed by atoms with Crippen LogP contribution in [0, 0.1) is 0 Å². The van der Waals surface area contributed by atoms with Crippen LogP contribution in [0.1, 0.15) is 45.7 Å². The Kier molecular flexibility index (Phi) is 6.06. The Bertz CT molecular complexity index is 1010. The molecule has 0 saturated carbocycles. The first-order chi connectivity index (χ1) is 14.2. The van der Waals surface area contributed by atoms with Gasteiger partial charge < -0.3 is 15.0 Å². The van der Waals surface area contributed by atoms with Gasteiger partial charge in [-0.1, -0.05) is 43.8 Å². The highest BCUT2D eigenvalue weighted by Gasteiger charge is 2.38. The topological polar surface area (TPSA) is 41.6 Å². The van der Waals surface area contributed by atoms with Gasteiger partial charge in [0.15, 0.2) is 0 Å². The van der Waals surface area contributed by atoms with E-state index in [4.69, 9.17) is 4.74 Å². The lowest BCUT2D eigenvalue weighted by atomic mass is 9.90. The van der Waals surface area contributed by atoms with E-state index in [-0.39, 0.29) is 5.91 Å². The molecule has 0 radical (unpaired) electrons. The number of hydrogen-bond donors (Lipinski definition) is 1. The monoisotopic (exact) mass is 404 g/mol.